The molecule has 8 heteroatoms. The van der Waals surface area contributed by atoms with Crippen molar-refractivity contribution in [2.24, 2.45) is 11.8 Å². The highest BCUT2D eigenvalue weighted by molar-refractivity contribution is 7.13. The Kier molecular flexibility index (Phi) is 8.05. The molecule has 0 saturated heterocycles. The minimum atomic E-state index is -4.34. The highest BCUT2D eigenvalue weighted by Crippen LogP contribution is 2.42. The van der Waals surface area contributed by atoms with Crippen LogP contribution in [-0.4, -0.2) is 27.7 Å². The molecule has 1 heterocycles. The van der Waals surface area contributed by atoms with Gasteiger partial charge in [0, 0.05) is 10.3 Å². The Labute approximate surface area is 188 Å². The molecule has 1 aliphatic carbocycles. The molecule has 4 atom stereocenters. The summed E-state index contributed by atoms with van der Waals surface area (Å²) in [7, 11) is 0. The van der Waals surface area contributed by atoms with Gasteiger partial charge in [0.25, 0.3) is 0 Å². The minimum absolute atomic E-state index is 0.0335. The number of hydrogen-bond acceptors (Lipinski definition) is 3. The highest BCUT2D eigenvalue weighted by atomic mass is 35.5. The van der Waals surface area contributed by atoms with Crippen LogP contribution in [0.4, 0.5) is 13.2 Å². The maximum absolute atomic E-state index is 12.9. The summed E-state index contributed by atoms with van der Waals surface area (Å²) in [6.45, 7) is 0. The first-order chi connectivity index (χ1) is 14.6. The number of aromatic carboxylic acids is 1. The fourth-order valence-corrected chi connectivity index (χ4v) is 5.90. The van der Waals surface area contributed by atoms with E-state index >= 15 is 0 Å². The van der Waals surface area contributed by atoms with Gasteiger partial charge in [-0.05, 0) is 80.5 Å². The zero-order valence-electron chi connectivity index (χ0n) is 16.9. The summed E-state index contributed by atoms with van der Waals surface area (Å²) in [6, 6.07) is 8.85. The van der Waals surface area contributed by atoms with Gasteiger partial charge in [0.05, 0.1) is 11.7 Å². The molecule has 0 amide bonds. The summed E-state index contributed by atoms with van der Waals surface area (Å²) in [5.74, 6) is -0.736. The maximum Gasteiger partial charge on any atom is 0.416 e. The molecule has 0 unspecified atom stereocenters. The lowest BCUT2D eigenvalue weighted by Gasteiger charge is -2.23. The van der Waals surface area contributed by atoms with Gasteiger partial charge in [0.1, 0.15) is 4.88 Å². The smallest absolute Gasteiger partial charge is 0.416 e. The standard InChI is InChI=1S/C23H26ClF3O3S/c24-19-13-20(28)18(9-2-5-14-4-1-6-15(12-14)23(25,26)27)17(19)8-3-7-16-10-11-21(31-16)22(29)30/h1,4,6,10-12,17-20,28H,2-3,5,7-9,13H2,(H,29,30)/t17-,18-,19-,20-/m1/s1. The number of halogens is 4. The maximum atomic E-state index is 12.9. The van der Waals surface area contributed by atoms with Crippen LogP contribution < -0.4 is 0 Å². The Hall–Kier alpha value is -1.57. The van der Waals surface area contributed by atoms with Crippen LogP contribution in [0.5, 0.6) is 0 Å². The van der Waals surface area contributed by atoms with E-state index in [4.69, 9.17) is 16.7 Å². The van der Waals surface area contributed by atoms with Crippen molar-refractivity contribution in [2.45, 2.75) is 62.6 Å². The Bertz CT molecular complexity index is 883. The van der Waals surface area contributed by atoms with Crippen molar-refractivity contribution in [3.8, 4) is 0 Å². The van der Waals surface area contributed by atoms with Gasteiger partial charge < -0.3 is 10.2 Å². The normalized spacial score (nSPS) is 23.9. The number of carboxylic acids is 1. The van der Waals surface area contributed by atoms with Gasteiger partial charge in [0.15, 0.2) is 0 Å². The number of benzene rings is 1. The van der Waals surface area contributed by atoms with E-state index in [0.717, 1.165) is 30.2 Å². The van der Waals surface area contributed by atoms with E-state index in [9.17, 15) is 23.1 Å². The quantitative estimate of drug-likeness (QED) is 0.412. The van der Waals surface area contributed by atoms with Crippen molar-refractivity contribution >= 4 is 28.9 Å². The first-order valence-electron chi connectivity index (χ1n) is 10.5. The van der Waals surface area contributed by atoms with Crippen LogP contribution in [0, 0.1) is 11.8 Å². The molecule has 3 rings (SSSR count). The highest BCUT2D eigenvalue weighted by Gasteiger charge is 2.40. The predicted molar refractivity (Wildman–Crippen MR) is 116 cm³/mol. The van der Waals surface area contributed by atoms with Crippen molar-refractivity contribution in [1.82, 2.24) is 0 Å². The van der Waals surface area contributed by atoms with Gasteiger partial charge in [-0.3, -0.25) is 0 Å². The molecular formula is C23H26ClF3O3S. The zero-order valence-corrected chi connectivity index (χ0v) is 18.5. The number of carboxylic acid groups (broad SMARTS) is 1. The lowest BCUT2D eigenvalue weighted by Crippen LogP contribution is -2.21. The van der Waals surface area contributed by atoms with Crippen molar-refractivity contribution in [2.75, 3.05) is 0 Å². The van der Waals surface area contributed by atoms with E-state index in [1.807, 2.05) is 6.07 Å². The second-order valence-electron chi connectivity index (χ2n) is 8.20. The van der Waals surface area contributed by atoms with Crippen LogP contribution in [0.15, 0.2) is 36.4 Å². The fraction of sp³-hybridized carbons (Fsp3) is 0.522. The summed E-state index contributed by atoms with van der Waals surface area (Å²) in [4.78, 5) is 12.3. The first kappa shape index (κ1) is 24.1. The van der Waals surface area contributed by atoms with Crippen LogP contribution in [0.3, 0.4) is 0 Å². The van der Waals surface area contributed by atoms with Crippen LogP contribution >= 0.6 is 22.9 Å². The van der Waals surface area contributed by atoms with Gasteiger partial charge >= 0.3 is 12.1 Å². The molecule has 0 aliphatic heterocycles. The summed E-state index contributed by atoms with van der Waals surface area (Å²) >= 11 is 7.78. The molecule has 1 aromatic heterocycles. The number of aryl methyl sites for hydroxylation is 2. The van der Waals surface area contributed by atoms with E-state index in [-0.39, 0.29) is 17.2 Å². The average molecular weight is 475 g/mol. The molecule has 1 aromatic carbocycles. The van der Waals surface area contributed by atoms with E-state index in [0.29, 0.717) is 36.1 Å². The molecule has 1 saturated carbocycles. The topological polar surface area (TPSA) is 57.5 Å². The van der Waals surface area contributed by atoms with Crippen LogP contribution in [0.1, 0.15) is 57.8 Å². The number of rotatable bonds is 9. The fourth-order valence-electron chi connectivity index (χ4n) is 4.52. The summed E-state index contributed by atoms with van der Waals surface area (Å²) in [6.07, 6.45) is 0.0817. The van der Waals surface area contributed by atoms with E-state index in [1.54, 1.807) is 12.1 Å². The van der Waals surface area contributed by atoms with Crippen LogP contribution in [0.2, 0.25) is 0 Å². The van der Waals surface area contributed by atoms with Gasteiger partial charge in [-0.15, -0.1) is 22.9 Å². The number of alkyl halides is 4. The second kappa shape index (κ2) is 10.4. The molecule has 2 aromatic rings. The minimum Gasteiger partial charge on any atom is -0.477 e. The Morgan fingerprint density at radius 3 is 2.48 bits per heavy atom. The number of aliphatic hydroxyl groups is 1. The number of thiophene rings is 1. The third-order valence-electron chi connectivity index (χ3n) is 6.07. The SMILES string of the molecule is O=C(O)c1ccc(CCC[C@@H]2[C@@H](CCCc3cccc(C(F)(F)F)c3)[C@H](O)C[C@H]2Cl)s1. The molecule has 0 spiro atoms. The number of hydrogen-bond donors (Lipinski definition) is 2. The lowest BCUT2D eigenvalue weighted by molar-refractivity contribution is -0.137. The number of carbonyl (C=O) groups is 1. The molecular weight excluding hydrogens is 449 g/mol. The third kappa shape index (κ3) is 6.46. The second-order valence-corrected chi connectivity index (χ2v) is 9.93. The molecule has 0 bridgehead atoms. The van der Waals surface area contributed by atoms with Crippen molar-refractivity contribution in [3.05, 3.63) is 57.3 Å². The Morgan fingerprint density at radius 2 is 1.81 bits per heavy atom. The molecule has 2 N–H and O–H groups in total. The average Bonchev–Trinajstić information content (AvgIpc) is 3.27. The van der Waals surface area contributed by atoms with Gasteiger partial charge in [-0.25, -0.2) is 4.79 Å². The molecule has 31 heavy (non-hydrogen) atoms. The molecule has 170 valence electrons. The van der Waals surface area contributed by atoms with Crippen molar-refractivity contribution < 1.29 is 28.2 Å². The molecule has 3 nitrogen and oxygen atoms in total. The van der Waals surface area contributed by atoms with E-state index in [2.05, 4.69) is 0 Å². The van der Waals surface area contributed by atoms with Gasteiger partial charge in [-0.2, -0.15) is 13.2 Å². The lowest BCUT2D eigenvalue weighted by atomic mass is 9.85. The predicted octanol–water partition coefficient (Wildman–Crippen LogP) is 6.42. The molecule has 1 aliphatic rings. The van der Waals surface area contributed by atoms with Gasteiger partial charge in [-0.1, -0.05) is 18.2 Å². The molecule has 0 radical (unpaired) electrons. The largest absolute Gasteiger partial charge is 0.477 e. The molecule has 1 fully saturated rings. The summed E-state index contributed by atoms with van der Waals surface area (Å²) < 4.78 is 38.7. The van der Waals surface area contributed by atoms with Crippen LogP contribution in [-0.2, 0) is 19.0 Å². The Morgan fingerprint density at radius 1 is 1.10 bits per heavy atom. The van der Waals surface area contributed by atoms with Crippen molar-refractivity contribution in [1.29, 1.82) is 0 Å². The zero-order chi connectivity index (χ0) is 22.6. The summed E-state index contributed by atoms with van der Waals surface area (Å²) in [5.41, 5.74) is 0.0115. The monoisotopic (exact) mass is 474 g/mol. The van der Waals surface area contributed by atoms with Crippen LogP contribution in [0.25, 0.3) is 0 Å². The van der Waals surface area contributed by atoms with E-state index in [1.165, 1.54) is 23.5 Å². The number of aliphatic hydroxyl groups excluding tert-OH is 1. The summed E-state index contributed by atoms with van der Waals surface area (Å²) in [5, 5.41) is 19.4. The first-order valence-corrected chi connectivity index (χ1v) is 11.7. The van der Waals surface area contributed by atoms with Crippen molar-refractivity contribution in [3.63, 3.8) is 0 Å². The Balaban J connectivity index is 1.51. The van der Waals surface area contributed by atoms with Gasteiger partial charge in [0.2, 0.25) is 0 Å². The van der Waals surface area contributed by atoms with E-state index < -0.39 is 23.8 Å². The third-order valence-corrected chi connectivity index (χ3v) is 7.70.